The Kier molecular flexibility index (Phi) is 7.14. The lowest BCUT2D eigenvalue weighted by Crippen LogP contribution is -2.46. The molecule has 0 aromatic carbocycles. The molecule has 1 unspecified atom stereocenters. The average Bonchev–Trinajstić information content (AvgIpc) is 2.35. The summed E-state index contributed by atoms with van der Waals surface area (Å²) < 4.78 is 0. The van der Waals surface area contributed by atoms with E-state index in [1.165, 1.54) is 51.5 Å². The number of rotatable bonds is 7. The largest absolute Gasteiger partial charge is 0.312 e. The van der Waals surface area contributed by atoms with Crippen LogP contribution in [0.15, 0.2) is 0 Å². The summed E-state index contributed by atoms with van der Waals surface area (Å²) in [5, 5.41) is 3.81. The van der Waals surface area contributed by atoms with Gasteiger partial charge >= 0.3 is 0 Å². The second-order valence-electron chi connectivity index (χ2n) is 5.85. The number of hydrogen-bond donors (Lipinski definition) is 1. The maximum Gasteiger partial charge on any atom is 0.0242 e. The highest BCUT2D eigenvalue weighted by atomic mass is 15.1. The van der Waals surface area contributed by atoms with E-state index in [9.17, 15) is 0 Å². The fraction of sp³-hybridized carbons (Fsp3) is 1.00. The molecule has 1 atom stereocenters. The first-order valence-corrected chi connectivity index (χ1v) is 7.58. The number of hydrogen-bond acceptors (Lipinski definition) is 2. The van der Waals surface area contributed by atoms with E-state index < -0.39 is 0 Å². The first-order valence-electron chi connectivity index (χ1n) is 7.58. The smallest absolute Gasteiger partial charge is 0.0242 e. The van der Waals surface area contributed by atoms with Crippen molar-refractivity contribution in [3.05, 3.63) is 0 Å². The Bertz CT molecular complexity index is 181. The topological polar surface area (TPSA) is 15.3 Å². The molecular weight excluding hydrogens is 208 g/mol. The second kappa shape index (κ2) is 8.10. The van der Waals surface area contributed by atoms with Crippen LogP contribution in [-0.2, 0) is 0 Å². The molecule has 1 saturated carbocycles. The maximum absolute atomic E-state index is 3.81. The Hall–Kier alpha value is -0.0800. The van der Waals surface area contributed by atoms with Crippen molar-refractivity contribution in [2.24, 2.45) is 5.92 Å². The summed E-state index contributed by atoms with van der Waals surface area (Å²) in [5.41, 5.74) is 0. The molecule has 0 heterocycles. The van der Waals surface area contributed by atoms with Crippen molar-refractivity contribution in [3.63, 3.8) is 0 Å². The van der Waals surface area contributed by atoms with Crippen molar-refractivity contribution in [2.45, 2.75) is 70.9 Å². The van der Waals surface area contributed by atoms with Gasteiger partial charge in [0, 0.05) is 18.6 Å². The third kappa shape index (κ3) is 4.97. The molecule has 2 heteroatoms. The highest BCUT2D eigenvalue weighted by molar-refractivity contribution is 4.80. The van der Waals surface area contributed by atoms with Crippen molar-refractivity contribution in [3.8, 4) is 0 Å². The molecule has 1 N–H and O–H groups in total. The summed E-state index contributed by atoms with van der Waals surface area (Å²) in [7, 11) is 4.46. The molecule has 0 aromatic heterocycles. The molecule has 1 rings (SSSR count). The van der Waals surface area contributed by atoms with E-state index in [2.05, 4.69) is 38.2 Å². The van der Waals surface area contributed by atoms with Gasteiger partial charge in [-0.1, -0.05) is 46.0 Å². The SMILES string of the molecule is CCC(CC)C(CNC1CCCCC1)N(C)C. The number of nitrogens with zero attached hydrogens (tertiary/aromatic N) is 1. The van der Waals surface area contributed by atoms with Gasteiger partial charge in [-0.05, 0) is 32.9 Å². The molecule has 1 aliphatic rings. The minimum Gasteiger partial charge on any atom is -0.312 e. The maximum atomic E-state index is 3.81. The van der Waals surface area contributed by atoms with E-state index in [4.69, 9.17) is 0 Å². The van der Waals surface area contributed by atoms with Crippen molar-refractivity contribution in [1.82, 2.24) is 10.2 Å². The molecule has 0 bridgehead atoms. The van der Waals surface area contributed by atoms with Crippen LogP contribution in [0.25, 0.3) is 0 Å². The van der Waals surface area contributed by atoms with Crippen LogP contribution in [0.3, 0.4) is 0 Å². The highest BCUT2D eigenvalue weighted by Crippen LogP contribution is 2.20. The Balaban J connectivity index is 2.37. The molecule has 0 aliphatic heterocycles. The Morgan fingerprint density at radius 1 is 1.06 bits per heavy atom. The molecular formula is C15H32N2. The minimum atomic E-state index is 0.701. The van der Waals surface area contributed by atoms with E-state index >= 15 is 0 Å². The van der Waals surface area contributed by atoms with Gasteiger partial charge in [-0.25, -0.2) is 0 Å². The van der Waals surface area contributed by atoms with Gasteiger partial charge < -0.3 is 10.2 Å². The first-order chi connectivity index (χ1) is 8.19. The molecule has 0 amide bonds. The lowest BCUT2D eigenvalue weighted by molar-refractivity contribution is 0.184. The molecule has 0 radical (unpaired) electrons. The molecule has 1 aliphatic carbocycles. The number of nitrogens with one attached hydrogen (secondary N) is 1. The van der Waals surface area contributed by atoms with E-state index in [0.29, 0.717) is 6.04 Å². The van der Waals surface area contributed by atoms with Crippen LogP contribution >= 0.6 is 0 Å². The molecule has 2 nitrogen and oxygen atoms in total. The van der Waals surface area contributed by atoms with Gasteiger partial charge in [0.2, 0.25) is 0 Å². The third-order valence-corrected chi connectivity index (χ3v) is 4.48. The standard InChI is InChI=1S/C15H32N2/c1-5-13(6-2)15(17(3)4)12-16-14-10-8-7-9-11-14/h13-16H,5-12H2,1-4H3. The zero-order valence-electron chi connectivity index (χ0n) is 12.3. The summed E-state index contributed by atoms with van der Waals surface area (Å²) in [6.07, 6.45) is 9.68. The molecule has 102 valence electrons. The van der Waals surface area contributed by atoms with Crippen LogP contribution in [0.4, 0.5) is 0 Å². The Morgan fingerprint density at radius 3 is 2.12 bits per heavy atom. The summed E-state index contributed by atoms with van der Waals surface area (Å²) in [6, 6.07) is 1.49. The van der Waals surface area contributed by atoms with Gasteiger partial charge in [-0.2, -0.15) is 0 Å². The quantitative estimate of drug-likeness (QED) is 0.735. The van der Waals surface area contributed by atoms with Gasteiger partial charge in [0.25, 0.3) is 0 Å². The van der Waals surface area contributed by atoms with Gasteiger partial charge in [-0.15, -0.1) is 0 Å². The zero-order valence-corrected chi connectivity index (χ0v) is 12.3. The van der Waals surface area contributed by atoms with Crippen LogP contribution < -0.4 is 5.32 Å². The fourth-order valence-corrected chi connectivity index (χ4v) is 3.20. The summed E-state index contributed by atoms with van der Waals surface area (Å²) in [6.45, 7) is 5.82. The monoisotopic (exact) mass is 240 g/mol. The van der Waals surface area contributed by atoms with Gasteiger partial charge in [0.15, 0.2) is 0 Å². The van der Waals surface area contributed by atoms with Crippen molar-refractivity contribution < 1.29 is 0 Å². The minimum absolute atomic E-state index is 0.701. The second-order valence-corrected chi connectivity index (χ2v) is 5.85. The van der Waals surface area contributed by atoms with Crippen LogP contribution in [0, 0.1) is 5.92 Å². The van der Waals surface area contributed by atoms with Crippen molar-refractivity contribution in [2.75, 3.05) is 20.6 Å². The van der Waals surface area contributed by atoms with Gasteiger partial charge in [-0.3, -0.25) is 0 Å². The van der Waals surface area contributed by atoms with E-state index in [-0.39, 0.29) is 0 Å². The predicted octanol–water partition coefficient (Wildman–Crippen LogP) is 3.28. The third-order valence-electron chi connectivity index (χ3n) is 4.48. The van der Waals surface area contributed by atoms with Crippen molar-refractivity contribution >= 4 is 0 Å². The molecule has 0 spiro atoms. The van der Waals surface area contributed by atoms with E-state index in [0.717, 1.165) is 12.0 Å². The summed E-state index contributed by atoms with van der Waals surface area (Å²) in [5.74, 6) is 0.834. The van der Waals surface area contributed by atoms with Crippen LogP contribution in [0.1, 0.15) is 58.8 Å². The average molecular weight is 240 g/mol. The molecule has 0 aromatic rings. The van der Waals surface area contributed by atoms with Crippen LogP contribution in [0.5, 0.6) is 0 Å². The zero-order chi connectivity index (χ0) is 12.7. The molecule has 17 heavy (non-hydrogen) atoms. The summed E-state index contributed by atoms with van der Waals surface area (Å²) >= 11 is 0. The van der Waals surface area contributed by atoms with Gasteiger partial charge in [0.1, 0.15) is 0 Å². The molecule has 1 fully saturated rings. The highest BCUT2D eigenvalue weighted by Gasteiger charge is 2.22. The van der Waals surface area contributed by atoms with Crippen LogP contribution in [-0.4, -0.2) is 37.6 Å². The first kappa shape index (κ1) is 15.0. The fourth-order valence-electron chi connectivity index (χ4n) is 3.20. The van der Waals surface area contributed by atoms with Crippen molar-refractivity contribution in [1.29, 1.82) is 0 Å². The van der Waals surface area contributed by atoms with E-state index in [1.807, 2.05) is 0 Å². The predicted molar refractivity (Wildman–Crippen MR) is 76.4 cm³/mol. The van der Waals surface area contributed by atoms with Crippen LogP contribution in [0.2, 0.25) is 0 Å². The summed E-state index contributed by atoms with van der Waals surface area (Å²) in [4.78, 5) is 2.41. The van der Waals surface area contributed by atoms with E-state index in [1.54, 1.807) is 0 Å². The molecule has 0 saturated heterocycles. The van der Waals surface area contributed by atoms with Gasteiger partial charge in [0.05, 0.1) is 0 Å². The number of likely N-dealkylation sites (N-methyl/N-ethyl adjacent to an activating group) is 1. The lowest BCUT2D eigenvalue weighted by Gasteiger charge is -2.34. The Labute approximate surface area is 108 Å². The lowest BCUT2D eigenvalue weighted by atomic mass is 9.91. The normalized spacial score (nSPS) is 20.1. The Morgan fingerprint density at radius 2 is 1.65 bits per heavy atom.